The van der Waals surface area contributed by atoms with E-state index in [4.69, 9.17) is 0 Å². The second-order valence-electron chi connectivity index (χ2n) is 8.88. The Bertz CT molecular complexity index is 1630. The first-order chi connectivity index (χ1) is 18.6. The molecule has 190 valence electrons. The van der Waals surface area contributed by atoms with E-state index >= 15 is 0 Å². The fraction of sp³-hybridized carbons (Fsp3) is 0.148. The number of H-pyrrole nitrogens is 2. The zero-order valence-electron chi connectivity index (χ0n) is 20.2. The van der Waals surface area contributed by atoms with Crippen LogP contribution in [0.5, 0.6) is 5.75 Å². The maximum atomic E-state index is 12.5. The van der Waals surface area contributed by atoms with Crippen molar-refractivity contribution < 1.29 is 14.7 Å². The maximum absolute atomic E-state index is 12.5. The SMILES string of the molecule is O=C(N=NC(=O)c1ccncc1)Nc1cccc2c3[nH][nH]c(-c4ccccc4N4CCNCC4)c-3c(O)c12. The van der Waals surface area contributed by atoms with Gasteiger partial charge >= 0.3 is 6.03 Å². The number of pyridine rings is 1. The molecule has 0 saturated carbocycles. The number of azo groups is 1. The van der Waals surface area contributed by atoms with E-state index in [2.05, 4.69) is 47.0 Å². The number of para-hydroxylation sites is 1. The molecule has 1 aliphatic carbocycles. The van der Waals surface area contributed by atoms with Crippen LogP contribution in [0.25, 0.3) is 33.3 Å². The zero-order valence-corrected chi connectivity index (χ0v) is 20.2. The minimum atomic E-state index is -0.833. The molecular formula is C27H24N8O3. The van der Waals surface area contributed by atoms with Crippen molar-refractivity contribution in [2.75, 3.05) is 36.4 Å². The van der Waals surface area contributed by atoms with Crippen LogP contribution >= 0.6 is 0 Å². The van der Waals surface area contributed by atoms with Gasteiger partial charge in [-0.05, 0) is 24.3 Å². The largest absolute Gasteiger partial charge is 0.506 e. The van der Waals surface area contributed by atoms with Gasteiger partial charge < -0.3 is 20.6 Å². The number of hydrogen-bond acceptors (Lipinski definition) is 6. The number of carbonyl (C=O) groups is 2. The molecule has 11 nitrogen and oxygen atoms in total. The number of aromatic amines is 2. The summed E-state index contributed by atoms with van der Waals surface area (Å²) in [5.41, 5.74) is 4.75. The minimum Gasteiger partial charge on any atom is -0.506 e. The lowest BCUT2D eigenvalue weighted by Gasteiger charge is -2.31. The topological polar surface area (TPSA) is 151 Å². The molecule has 1 aromatic heterocycles. The molecule has 0 bridgehead atoms. The van der Waals surface area contributed by atoms with Gasteiger partial charge in [-0.25, -0.2) is 4.79 Å². The van der Waals surface area contributed by atoms with E-state index in [-0.39, 0.29) is 11.3 Å². The second kappa shape index (κ2) is 9.79. The van der Waals surface area contributed by atoms with Gasteiger partial charge in [0.15, 0.2) is 0 Å². The number of nitrogens with zero attached hydrogens (tertiary/aromatic N) is 4. The molecule has 38 heavy (non-hydrogen) atoms. The van der Waals surface area contributed by atoms with Gasteiger partial charge in [-0.2, -0.15) is 0 Å². The molecule has 3 amide bonds. The third-order valence-electron chi connectivity index (χ3n) is 6.65. The van der Waals surface area contributed by atoms with Gasteiger partial charge in [-0.1, -0.05) is 35.4 Å². The number of fused-ring (bicyclic) bond motifs is 3. The van der Waals surface area contributed by atoms with Gasteiger partial charge in [-0.3, -0.25) is 20.0 Å². The summed E-state index contributed by atoms with van der Waals surface area (Å²) in [4.78, 5) is 30.8. The summed E-state index contributed by atoms with van der Waals surface area (Å²) in [6.07, 6.45) is 2.91. The number of benzene rings is 2. The summed E-state index contributed by atoms with van der Waals surface area (Å²) in [6, 6.07) is 15.5. The third-order valence-corrected chi connectivity index (χ3v) is 6.65. The van der Waals surface area contributed by atoms with Crippen LogP contribution in [0.15, 0.2) is 77.2 Å². The van der Waals surface area contributed by atoms with E-state index < -0.39 is 11.9 Å². The molecule has 1 saturated heterocycles. The first-order valence-electron chi connectivity index (χ1n) is 12.2. The molecule has 3 aliphatic rings. The van der Waals surface area contributed by atoms with E-state index in [9.17, 15) is 14.7 Å². The van der Waals surface area contributed by atoms with Crippen molar-refractivity contribution in [2.24, 2.45) is 10.2 Å². The lowest BCUT2D eigenvalue weighted by molar-refractivity contribution is 0.0994. The molecule has 0 spiro atoms. The summed E-state index contributed by atoms with van der Waals surface area (Å²) < 4.78 is 0. The van der Waals surface area contributed by atoms with Crippen molar-refractivity contribution in [3.63, 3.8) is 0 Å². The number of aromatic hydroxyl groups is 1. The van der Waals surface area contributed by atoms with Gasteiger partial charge in [0.2, 0.25) is 0 Å². The highest BCUT2D eigenvalue weighted by Gasteiger charge is 2.28. The van der Waals surface area contributed by atoms with Crippen molar-refractivity contribution in [3.05, 3.63) is 72.6 Å². The van der Waals surface area contributed by atoms with Crippen LogP contribution in [-0.2, 0) is 0 Å². The van der Waals surface area contributed by atoms with Gasteiger partial charge in [0.05, 0.1) is 28.0 Å². The van der Waals surface area contributed by atoms with E-state index in [1.807, 2.05) is 24.3 Å². The molecule has 3 heterocycles. The smallest absolute Gasteiger partial charge is 0.364 e. The Labute approximate surface area is 216 Å². The highest BCUT2D eigenvalue weighted by molar-refractivity contribution is 6.17. The van der Waals surface area contributed by atoms with Crippen LogP contribution in [0.2, 0.25) is 0 Å². The van der Waals surface area contributed by atoms with E-state index in [1.165, 1.54) is 24.5 Å². The van der Waals surface area contributed by atoms with E-state index in [0.717, 1.165) is 48.5 Å². The molecule has 1 fully saturated rings. The predicted molar refractivity (Wildman–Crippen MR) is 144 cm³/mol. The first-order valence-corrected chi connectivity index (χ1v) is 12.2. The van der Waals surface area contributed by atoms with E-state index in [1.54, 1.807) is 12.1 Å². The van der Waals surface area contributed by atoms with Crippen molar-refractivity contribution in [1.82, 2.24) is 20.5 Å². The number of hydrogen-bond donors (Lipinski definition) is 5. The third kappa shape index (κ3) is 4.14. The molecule has 0 unspecified atom stereocenters. The monoisotopic (exact) mass is 508 g/mol. The molecule has 5 N–H and O–H groups in total. The minimum absolute atomic E-state index is 0.0262. The van der Waals surface area contributed by atoms with Crippen LogP contribution < -0.4 is 15.5 Å². The summed E-state index contributed by atoms with van der Waals surface area (Å²) >= 11 is 0. The van der Waals surface area contributed by atoms with Gasteiger partial charge in [0.25, 0.3) is 5.91 Å². The molecule has 2 aromatic carbocycles. The Hall–Kier alpha value is -5.03. The molecule has 2 aliphatic heterocycles. The van der Waals surface area contributed by atoms with Crippen molar-refractivity contribution >= 4 is 34.1 Å². The maximum Gasteiger partial charge on any atom is 0.364 e. The highest BCUT2D eigenvalue weighted by Crippen LogP contribution is 2.51. The Balaban J connectivity index is 1.35. The number of urea groups is 1. The molecule has 11 heteroatoms. The first kappa shape index (κ1) is 23.4. The summed E-state index contributed by atoms with van der Waals surface area (Å²) in [6.45, 7) is 3.57. The van der Waals surface area contributed by atoms with E-state index in [0.29, 0.717) is 22.3 Å². The fourth-order valence-corrected chi connectivity index (χ4v) is 4.91. The predicted octanol–water partition coefficient (Wildman–Crippen LogP) is 4.60. The van der Waals surface area contributed by atoms with Crippen LogP contribution in [0, 0.1) is 0 Å². The lowest BCUT2D eigenvalue weighted by Crippen LogP contribution is -2.43. The number of rotatable bonds is 4. The number of aromatic nitrogens is 3. The van der Waals surface area contributed by atoms with Crippen molar-refractivity contribution in [1.29, 1.82) is 0 Å². The standard InChI is InChI=1S/C27H24N8O3/c36-25-21-18(5-3-6-19(21)30-27(38)34-33-26(37)16-8-10-28-11-9-16)24-22(25)23(31-32-24)17-4-1-2-7-20(17)35-14-12-29-13-15-35/h1-11,29,31-32,36H,12-15H2,(H,30,38). The Kier molecular flexibility index (Phi) is 6.02. The van der Waals surface area contributed by atoms with Crippen LogP contribution in [0.3, 0.4) is 0 Å². The lowest BCUT2D eigenvalue weighted by atomic mass is 10.0. The summed E-state index contributed by atoms with van der Waals surface area (Å²) in [7, 11) is 0. The number of carbonyl (C=O) groups excluding carboxylic acids is 2. The van der Waals surface area contributed by atoms with Gasteiger partial charge in [0, 0.05) is 60.8 Å². The Morgan fingerprint density at radius 2 is 1.68 bits per heavy atom. The second-order valence-corrected chi connectivity index (χ2v) is 8.88. The van der Waals surface area contributed by atoms with Crippen LogP contribution in [-0.4, -0.2) is 58.4 Å². The molecule has 3 aromatic rings. The number of amides is 3. The Morgan fingerprint density at radius 1 is 0.921 bits per heavy atom. The normalized spacial score (nSPS) is 13.9. The number of piperazine rings is 1. The van der Waals surface area contributed by atoms with Crippen LogP contribution in [0.1, 0.15) is 10.4 Å². The average Bonchev–Trinajstić information content (AvgIpc) is 3.52. The zero-order chi connectivity index (χ0) is 26.1. The Morgan fingerprint density at radius 3 is 2.50 bits per heavy atom. The van der Waals surface area contributed by atoms with Crippen molar-refractivity contribution in [3.8, 4) is 28.3 Å². The van der Waals surface area contributed by atoms with Crippen molar-refractivity contribution in [2.45, 2.75) is 0 Å². The van der Waals surface area contributed by atoms with Gasteiger partial charge in [-0.15, -0.1) is 5.11 Å². The average molecular weight is 509 g/mol. The fourth-order valence-electron chi connectivity index (χ4n) is 4.91. The van der Waals surface area contributed by atoms with Gasteiger partial charge in [0.1, 0.15) is 5.75 Å². The number of nitrogens with one attached hydrogen (secondary N) is 4. The summed E-state index contributed by atoms with van der Waals surface area (Å²) in [5.74, 6) is -0.633. The molecular weight excluding hydrogens is 484 g/mol. The summed E-state index contributed by atoms with van der Waals surface area (Å²) in [5, 5.41) is 32.1. The molecule has 0 radical (unpaired) electrons. The quantitative estimate of drug-likeness (QED) is 0.224. The number of anilines is 2. The highest BCUT2D eigenvalue weighted by atomic mass is 16.3. The van der Waals surface area contributed by atoms with Crippen LogP contribution in [0.4, 0.5) is 16.2 Å². The molecule has 6 rings (SSSR count). The molecule has 0 atom stereocenters.